The van der Waals surface area contributed by atoms with Gasteiger partial charge < -0.3 is 14.2 Å². The standard InChI is InChI=1S/C13H15N3O4/c1-4-19-11(17)7-16(3)13(18)9-5-10-8(2)15-20-12(10)14-6-9/h5-6H,4,7H2,1-3H3. The first-order valence-corrected chi connectivity index (χ1v) is 6.16. The van der Waals surface area contributed by atoms with E-state index in [1.807, 2.05) is 0 Å². The highest BCUT2D eigenvalue weighted by molar-refractivity contribution is 5.98. The van der Waals surface area contributed by atoms with Crippen molar-refractivity contribution in [3.8, 4) is 0 Å². The van der Waals surface area contributed by atoms with Crippen LogP contribution in [0.4, 0.5) is 0 Å². The van der Waals surface area contributed by atoms with Gasteiger partial charge in [-0.3, -0.25) is 9.59 Å². The number of hydrogen-bond donors (Lipinski definition) is 0. The minimum Gasteiger partial charge on any atom is -0.465 e. The third kappa shape index (κ3) is 2.76. The highest BCUT2D eigenvalue weighted by Gasteiger charge is 2.17. The molecule has 0 saturated heterocycles. The lowest BCUT2D eigenvalue weighted by atomic mass is 10.2. The second-order valence-corrected chi connectivity index (χ2v) is 4.31. The fraction of sp³-hybridized carbons (Fsp3) is 0.385. The molecule has 7 heteroatoms. The number of amides is 1. The Morgan fingerprint density at radius 1 is 1.45 bits per heavy atom. The Kier molecular flexibility index (Phi) is 3.97. The maximum absolute atomic E-state index is 12.2. The summed E-state index contributed by atoms with van der Waals surface area (Å²) < 4.78 is 9.78. The molecular formula is C13H15N3O4. The van der Waals surface area contributed by atoms with Crippen LogP contribution in [0.2, 0.25) is 0 Å². The molecular weight excluding hydrogens is 262 g/mol. The van der Waals surface area contributed by atoms with Crippen LogP contribution < -0.4 is 0 Å². The predicted molar refractivity (Wildman–Crippen MR) is 70.1 cm³/mol. The molecule has 0 aliphatic heterocycles. The number of ether oxygens (including phenoxy) is 1. The van der Waals surface area contributed by atoms with Crippen LogP contribution in [0.15, 0.2) is 16.8 Å². The van der Waals surface area contributed by atoms with E-state index in [1.165, 1.54) is 18.1 Å². The van der Waals surface area contributed by atoms with E-state index < -0.39 is 5.97 Å². The molecule has 0 aliphatic rings. The molecule has 0 N–H and O–H groups in total. The number of carbonyl (C=O) groups excluding carboxylic acids is 2. The van der Waals surface area contributed by atoms with Crippen molar-refractivity contribution in [2.45, 2.75) is 13.8 Å². The van der Waals surface area contributed by atoms with E-state index in [-0.39, 0.29) is 19.1 Å². The first-order valence-electron chi connectivity index (χ1n) is 6.16. The molecule has 0 bridgehead atoms. The van der Waals surface area contributed by atoms with Crippen molar-refractivity contribution in [3.63, 3.8) is 0 Å². The van der Waals surface area contributed by atoms with Crippen molar-refractivity contribution in [1.82, 2.24) is 15.0 Å². The number of nitrogens with zero attached hydrogens (tertiary/aromatic N) is 3. The molecule has 0 unspecified atom stereocenters. The first-order chi connectivity index (χ1) is 9.52. The summed E-state index contributed by atoms with van der Waals surface area (Å²) in [6.07, 6.45) is 1.40. The van der Waals surface area contributed by atoms with E-state index in [0.29, 0.717) is 22.4 Å². The third-order valence-electron chi connectivity index (χ3n) is 2.78. The summed E-state index contributed by atoms with van der Waals surface area (Å²) in [7, 11) is 1.53. The number of aryl methyl sites for hydroxylation is 1. The first kappa shape index (κ1) is 14.0. The van der Waals surface area contributed by atoms with Crippen LogP contribution in [0.25, 0.3) is 11.1 Å². The molecule has 0 spiro atoms. The van der Waals surface area contributed by atoms with E-state index in [9.17, 15) is 9.59 Å². The topological polar surface area (TPSA) is 85.5 Å². The molecule has 0 aromatic carbocycles. The summed E-state index contributed by atoms with van der Waals surface area (Å²) in [4.78, 5) is 28.9. The largest absolute Gasteiger partial charge is 0.465 e. The highest BCUT2D eigenvalue weighted by Crippen LogP contribution is 2.17. The third-order valence-corrected chi connectivity index (χ3v) is 2.78. The molecule has 0 saturated carbocycles. The van der Waals surface area contributed by atoms with Gasteiger partial charge in [-0.05, 0) is 19.9 Å². The van der Waals surface area contributed by atoms with Crippen molar-refractivity contribution >= 4 is 23.0 Å². The van der Waals surface area contributed by atoms with Crippen LogP contribution in [-0.2, 0) is 9.53 Å². The van der Waals surface area contributed by atoms with Gasteiger partial charge in [-0.2, -0.15) is 0 Å². The highest BCUT2D eigenvalue weighted by atomic mass is 16.5. The van der Waals surface area contributed by atoms with Gasteiger partial charge in [0.2, 0.25) is 0 Å². The Morgan fingerprint density at radius 3 is 2.90 bits per heavy atom. The van der Waals surface area contributed by atoms with E-state index in [1.54, 1.807) is 19.9 Å². The van der Waals surface area contributed by atoms with Gasteiger partial charge in [0.25, 0.3) is 11.6 Å². The Morgan fingerprint density at radius 2 is 2.20 bits per heavy atom. The van der Waals surface area contributed by atoms with Gasteiger partial charge in [-0.25, -0.2) is 4.98 Å². The van der Waals surface area contributed by atoms with Crippen LogP contribution in [0.3, 0.4) is 0 Å². The number of hydrogen-bond acceptors (Lipinski definition) is 6. The quantitative estimate of drug-likeness (QED) is 0.780. The average Bonchev–Trinajstić information content (AvgIpc) is 2.79. The number of pyridine rings is 1. The van der Waals surface area contributed by atoms with Gasteiger partial charge >= 0.3 is 5.97 Å². The maximum atomic E-state index is 12.2. The summed E-state index contributed by atoms with van der Waals surface area (Å²) >= 11 is 0. The van der Waals surface area contributed by atoms with Crippen LogP contribution in [0.5, 0.6) is 0 Å². The SMILES string of the molecule is CCOC(=O)CN(C)C(=O)c1cnc2onc(C)c2c1. The van der Waals surface area contributed by atoms with Crippen LogP contribution in [-0.4, -0.2) is 47.1 Å². The predicted octanol–water partition coefficient (Wildman–Crippen LogP) is 1.17. The van der Waals surface area contributed by atoms with Gasteiger partial charge in [0.15, 0.2) is 0 Å². The molecule has 2 aromatic rings. The summed E-state index contributed by atoms with van der Waals surface area (Å²) in [6, 6.07) is 1.65. The molecule has 2 heterocycles. The lowest BCUT2D eigenvalue weighted by Crippen LogP contribution is -2.33. The maximum Gasteiger partial charge on any atom is 0.325 e. The fourth-order valence-corrected chi connectivity index (χ4v) is 1.75. The van der Waals surface area contributed by atoms with E-state index in [0.717, 1.165) is 0 Å². The number of carbonyl (C=O) groups is 2. The van der Waals surface area contributed by atoms with Gasteiger partial charge in [-0.1, -0.05) is 5.16 Å². The molecule has 0 atom stereocenters. The fourth-order valence-electron chi connectivity index (χ4n) is 1.75. The van der Waals surface area contributed by atoms with Gasteiger partial charge in [0, 0.05) is 13.2 Å². The average molecular weight is 277 g/mol. The van der Waals surface area contributed by atoms with Crippen LogP contribution in [0, 0.1) is 6.92 Å². The van der Waals surface area contributed by atoms with E-state index >= 15 is 0 Å². The smallest absolute Gasteiger partial charge is 0.325 e. The van der Waals surface area contributed by atoms with Crippen LogP contribution >= 0.6 is 0 Å². The van der Waals surface area contributed by atoms with Crippen molar-refractivity contribution in [2.24, 2.45) is 0 Å². The number of esters is 1. The second-order valence-electron chi connectivity index (χ2n) is 4.31. The Labute approximate surface area is 115 Å². The number of aromatic nitrogens is 2. The molecule has 2 aromatic heterocycles. The zero-order valence-electron chi connectivity index (χ0n) is 11.5. The zero-order valence-corrected chi connectivity index (χ0v) is 11.5. The Bertz CT molecular complexity index is 650. The van der Waals surface area contributed by atoms with Crippen LogP contribution in [0.1, 0.15) is 23.0 Å². The number of likely N-dealkylation sites (N-methyl/N-ethyl adjacent to an activating group) is 1. The minimum atomic E-state index is -0.446. The van der Waals surface area contributed by atoms with Crippen molar-refractivity contribution in [3.05, 3.63) is 23.5 Å². The molecule has 106 valence electrons. The van der Waals surface area contributed by atoms with Gasteiger partial charge in [-0.15, -0.1) is 0 Å². The minimum absolute atomic E-state index is 0.104. The zero-order chi connectivity index (χ0) is 14.7. The summed E-state index contributed by atoms with van der Waals surface area (Å²) in [5, 5.41) is 4.46. The molecule has 7 nitrogen and oxygen atoms in total. The summed E-state index contributed by atoms with van der Waals surface area (Å²) in [5.74, 6) is -0.758. The van der Waals surface area contributed by atoms with Crippen molar-refractivity contribution in [2.75, 3.05) is 20.2 Å². The molecule has 2 rings (SSSR count). The van der Waals surface area contributed by atoms with E-state index in [4.69, 9.17) is 9.26 Å². The number of rotatable bonds is 4. The Hall–Kier alpha value is -2.44. The molecule has 0 fully saturated rings. The second kappa shape index (κ2) is 5.68. The Balaban J connectivity index is 2.17. The normalized spacial score (nSPS) is 10.6. The monoisotopic (exact) mass is 277 g/mol. The lowest BCUT2D eigenvalue weighted by Gasteiger charge is -2.15. The molecule has 20 heavy (non-hydrogen) atoms. The molecule has 1 amide bonds. The van der Waals surface area contributed by atoms with Gasteiger partial charge in [0.1, 0.15) is 6.54 Å². The molecule has 0 aliphatic carbocycles. The van der Waals surface area contributed by atoms with Gasteiger partial charge in [0.05, 0.1) is 23.3 Å². The number of fused-ring (bicyclic) bond motifs is 1. The summed E-state index contributed by atoms with van der Waals surface area (Å²) in [6.45, 7) is 3.66. The van der Waals surface area contributed by atoms with Crippen molar-refractivity contribution in [1.29, 1.82) is 0 Å². The van der Waals surface area contributed by atoms with Crippen molar-refractivity contribution < 1.29 is 18.8 Å². The van der Waals surface area contributed by atoms with E-state index in [2.05, 4.69) is 10.1 Å². The lowest BCUT2D eigenvalue weighted by molar-refractivity contribution is -0.143. The molecule has 0 radical (unpaired) electrons. The summed E-state index contributed by atoms with van der Waals surface area (Å²) in [5.41, 5.74) is 1.41.